The molecule has 0 saturated heterocycles. The normalized spacial score (nSPS) is 11.2. The lowest BCUT2D eigenvalue weighted by Crippen LogP contribution is -2.12. The maximum Gasteiger partial charge on any atom is 0.335 e. The van der Waals surface area contributed by atoms with Gasteiger partial charge in [0.2, 0.25) is 0 Å². The zero-order valence-electron chi connectivity index (χ0n) is 13.7. The Morgan fingerprint density at radius 2 is 2.12 bits per heavy atom. The van der Waals surface area contributed by atoms with E-state index in [1.54, 1.807) is 18.5 Å². The molecule has 126 valence electrons. The van der Waals surface area contributed by atoms with E-state index in [1.807, 2.05) is 25.1 Å². The van der Waals surface area contributed by atoms with Gasteiger partial charge in [-0.3, -0.25) is 9.78 Å². The Hall–Kier alpha value is -3.21. The summed E-state index contributed by atoms with van der Waals surface area (Å²) in [7, 11) is 0. The SMILES string of the molecule is CCCc1c(/C=C/c2cccnc2)oc2ccc(C(=O)O)cc2c1=O. The van der Waals surface area contributed by atoms with E-state index in [9.17, 15) is 9.59 Å². The molecular weight excluding hydrogens is 318 g/mol. The van der Waals surface area contributed by atoms with Gasteiger partial charge >= 0.3 is 5.97 Å². The standard InChI is InChI=1S/C20H17NO4/c1-2-4-15-17(8-6-13-5-3-10-21-12-13)25-18-9-7-14(20(23)24)11-16(18)19(15)22/h3,5-12H,2,4H2,1H3,(H,23,24)/b8-6+. The highest BCUT2D eigenvalue weighted by atomic mass is 16.4. The van der Waals surface area contributed by atoms with Crippen LogP contribution in [0.15, 0.2) is 51.9 Å². The molecule has 0 radical (unpaired) electrons. The minimum atomic E-state index is -1.07. The monoisotopic (exact) mass is 335 g/mol. The first-order valence-electron chi connectivity index (χ1n) is 8.01. The third kappa shape index (κ3) is 3.50. The number of benzene rings is 1. The fraction of sp³-hybridized carbons (Fsp3) is 0.150. The van der Waals surface area contributed by atoms with E-state index in [0.29, 0.717) is 28.7 Å². The van der Waals surface area contributed by atoms with Gasteiger partial charge in [-0.15, -0.1) is 0 Å². The van der Waals surface area contributed by atoms with Crippen LogP contribution in [-0.2, 0) is 6.42 Å². The third-order valence-corrected chi connectivity index (χ3v) is 3.87. The summed E-state index contributed by atoms with van der Waals surface area (Å²) >= 11 is 0. The van der Waals surface area contributed by atoms with Crippen molar-refractivity contribution in [2.75, 3.05) is 0 Å². The fourth-order valence-electron chi connectivity index (χ4n) is 2.65. The van der Waals surface area contributed by atoms with Crippen molar-refractivity contribution >= 4 is 29.1 Å². The molecule has 1 N–H and O–H groups in total. The molecule has 5 nitrogen and oxygen atoms in total. The Morgan fingerprint density at radius 1 is 1.28 bits per heavy atom. The highest BCUT2D eigenvalue weighted by molar-refractivity contribution is 5.93. The lowest BCUT2D eigenvalue weighted by atomic mass is 10.0. The summed E-state index contributed by atoms with van der Waals surface area (Å²) in [5.41, 5.74) is 1.71. The van der Waals surface area contributed by atoms with Crippen LogP contribution in [0.4, 0.5) is 0 Å². The number of aromatic carboxylic acids is 1. The van der Waals surface area contributed by atoms with E-state index in [1.165, 1.54) is 18.2 Å². The van der Waals surface area contributed by atoms with Gasteiger partial charge in [0, 0.05) is 18.0 Å². The van der Waals surface area contributed by atoms with Gasteiger partial charge in [-0.05, 0) is 48.4 Å². The van der Waals surface area contributed by atoms with Gasteiger partial charge in [-0.25, -0.2) is 4.79 Å². The van der Waals surface area contributed by atoms with Crippen LogP contribution >= 0.6 is 0 Å². The van der Waals surface area contributed by atoms with Crippen LogP contribution < -0.4 is 5.43 Å². The Morgan fingerprint density at radius 3 is 2.80 bits per heavy atom. The van der Waals surface area contributed by atoms with Crippen molar-refractivity contribution in [3.63, 3.8) is 0 Å². The number of carboxylic acid groups (broad SMARTS) is 1. The molecule has 5 heteroatoms. The number of carbonyl (C=O) groups is 1. The van der Waals surface area contributed by atoms with Gasteiger partial charge in [0.05, 0.1) is 10.9 Å². The average molecular weight is 335 g/mol. The van der Waals surface area contributed by atoms with Gasteiger partial charge in [-0.1, -0.05) is 19.4 Å². The molecule has 0 spiro atoms. The molecule has 3 aromatic rings. The van der Waals surface area contributed by atoms with Gasteiger partial charge in [0.1, 0.15) is 11.3 Å². The Kier molecular flexibility index (Phi) is 4.75. The maximum atomic E-state index is 12.8. The zero-order chi connectivity index (χ0) is 17.8. The van der Waals surface area contributed by atoms with Crippen molar-refractivity contribution < 1.29 is 14.3 Å². The number of rotatable bonds is 5. The molecule has 0 aliphatic heterocycles. The molecule has 25 heavy (non-hydrogen) atoms. The van der Waals surface area contributed by atoms with Crippen LogP contribution in [0.2, 0.25) is 0 Å². The highest BCUT2D eigenvalue weighted by Crippen LogP contribution is 2.20. The van der Waals surface area contributed by atoms with E-state index < -0.39 is 5.97 Å². The van der Waals surface area contributed by atoms with E-state index in [2.05, 4.69) is 4.98 Å². The van der Waals surface area contributed by atoms with E-state index in [-0.39, 0.29) is 11.0 Å². The number of fused-ring (bicyclic) bond motifs is 1. The topological polar surface area (TPSA) is 80.4 Å². The van der Waals surface area contributed by atoms with E-state index in [4.69, 9.17) is 9.52 Å². The quantitative estimate of drug-likeness (QED) is 0.762. The lowest BCUT2D eigenvalue weighted by molar-refractivity contribution is 0.0697. The molecule has 0 aliphatic carbocycles. The molecule has 0 amide bonds. The van der Waals surface area contributed by atoms with Crippen molar-refractivity contribution in [1.82, 2.24) is 4.98 Å². The molecule has 0 atom stereocenters. The van der Waals surface area contributed by atoms with Crippen molar-refractivity contribution in [3.8, 4) is 0 Å². The molecule has 2 heterocycles. The first-order valence-corrected chi connectivity index (χ1v) is 8.01. The number of hydrogen-bond acceptors (Lipinski definition) is 4. The highest BCUT2D eigenvalue weighted by Gasteiger charge is 2.14. The predicted molar refractivity (Wildman–Crippen MR) is 96.6 cm³/mol. The number of hydrogen-bond donors (Lipinski definition) is 1. The predicted octanol–water partition coefficient (Wildman–Crippen LogP) is 4.01. The fourth-order valence-corrected chi connectivity index (χ4v) is 2.65. The van der Waals surface area contributed by atoms with Crippen molar-refractivity contribution in [3.05, 3.63) is 75.4 Å². The molecule has 1 aromatic carbocycles. The number of carboxylic acids is 1. The van der Waals surface area contributed by atoms with E-state index >= 15 is 0 Å². The van der Waals surface area contributed by atoms with Crippen molar-refractivity contribution in [2.45, 2.75) is 19.8 Å². The molecule has 0 unspecified atom stereocenters. The zero-order valence-corrected chi connectivity index (χ0v) is 13.7. The van der Waals surface area contributed by atoms with Crippen molar-refractivity contribution in [1.29, 1.82) is 0 Å². The number of aromatic nitrogens is 1. The average Bonchev–Trinajstić information content (AvgIpc) is 2.63. The third-order valence-electron chi connectivity index (χ3n) is 3.87. The smallest absolute Gasteiger partial charge is 0.335 e. The molecule has 0 bridgehead atoms. The molecule has 0 saturated carbocycles. The van der Waals surface area contributed by atoms with Crippen molar-refractivity contribution in [2.24, 2.45) is 0 Å². The summed E-state index contributed by atoms with van der Waals surface area (Å²) in [6, 6.07) is 8.06. The molecule has 3 rings (SSSR count). The van der Waals surface area contributed by atoms with Crippen LogP contribution in [0.25, 0.3) is 23.1 Å². The van der Waals surface area contributed by atoms with Crippen LogP contribution in [-0.4, -0.2) is 16.1 Å². The molecule has 0 aliphatic rings. The summed E-state index contributed by atoms with van der Waals surface area (Å²) < 4.78 is 5.88. The first-order chi connectivity index (χ1) is 12.1. The van der Waals surface area contributed by atoms with Crippen LogP contribution in [0, 0.1) is 0 Å². The number of pyridine rings is 1. The van der Waals surface area contributed by atoms with Crippen LogP contribution in [0.1, 0.15) is 40.6 Å². The summed E-state index contributed by atoms with van der Waals surface area (Å²) in [5, 5.41) is 9.42. The minimum Gasteiger partial charge on any atom is -0.478 e. The lowest BCUT2D eigenvalue weighted by Gasteiger charge is -2.07. The second-order valence-electron chi connectivity index (χ2n) is 5.66. The van der Waals surface area contributed by atoms with Gasteiger partial charge in [-0.2, -0.15) is 0 Å². The van der Waals surface area contributed by atoms with Gasteiger partial charge in [0.25, 0.3) is 0 Å². The first kappa shape index (κ1) is 16.6. The largest absolute Gasteiger partial charge is 0.478 e. The summed E-state index contributed by atoms with van der Waals surface area (Å²) in [6.45, 7) is 1.98. The van der Waals surface area contributed by atoms with Gasteiger partial charge < -0.3 is 9.52 Å². The number of nitrogens with zero attached hydrogens (tertiary/aromatic N) is 1. The Bertz CT molecular complexity index is 1000. The summed E-state index contributed by atoms with van der Waals surface area (Å²) in [5.74, 6) is -0.579. The minimum absolute atomic E-state index is 0.0703. The maximum absolute atomic E-state index is 12.8. The Labute approximate surface area is 144 Å². The van der Waals surface area contributed by atoms with Gasteiger partial charge in [0.15, 0.2) is 5.43 Å². The second kappa shape index (κ2) is 7.13. The van der Waals surface area contributed by atoms with Crippen LogP contribution in [0.3, 0.4) is 0 Å². The Balaban J connectivity index is 2.16. The molecule has 2 aromatic heterocycles. The second-order valence-corrected chi connectivity index (χ2v) is 5.66. The van der Waals surface area contributed by atoms with E-state index in [0.717, 1.165) is 12.0 Å². The summed E-state index contributed by atoms with van der Waals surface area (Å²) in [6.07, 6.45) is 8.34. The molecule has 0 fully saturated rings. The molecular formula is C20H17NO4. The van der Waals surface area contributed by atoms with Crippen LogP contribution in [0.5, 0.6) is 0 Å². The summed E-state index contributed by atoms with van der Waals surface area (Å²) in [4.78, 5) is 28.0.